The molecule has 0 spiro atoms. The van der Waals surface area contributed by atoms with Crippen molar-refractivity contribution in [2.45, 2.75) is 79.8 Å². The van der Waals surface area contributed by atoms with Crippen molar-refractivity contribution in [1.29, 1.82) is 0 Å². The summed E-state index contributed by atoms with van der Waals surface area (Å²) in [5, 5.41) is 12.1. The molecule has 1 aliphatic rings. The molecule has 3 N–H and O–H groups in total. The summed E-state index contributed by atoms with van der Waals surface area (Å²) in [5.74, 6) is 1.25. The van der Waals surface area contributed by atoms with Gasteiger partial charge in [-0.1, -0.05) is 45.1 Å². The van der Waals surface area contributed by atoms with Gasteiger partial charge in [0.2, 0.25) is 0 Å². The zero-order valence-electron chi connectivity index (χ0n) is 23.0. The molecule has 7 heteroatoms. The first kappa shape index (κ1) is 30.3. The van der Waals surface area contributed by atoms with Crippen molar-refractivity contribution in [3.05, 3.63) is 71.3 Å². The number of hydrogen-bond acceptors (Lipinski definition) is 7. The van der Waals surface area contributed by atoms with E-state index in [1.807, 2.05) is 57.1 Å². The molecule has 194 valence electrons. The Kier molecular flexibility index (Phi) is 13.8. The Morgan fingerprint density at radius 1 is 1.31 bits per heavy atom. The van der Waals surface area contributed by atoms with Crippen molar-refractivity contribution in [3.8, 4) is 0 Å². The van der Waals surface area contributed by atoms with Gasteiger partial charge >= 0.3 is 0 Å². The number of hydrogen-bond donors (Lipinski definition) is 2. The summed E-state index contributed by atoms with van der Waals surface area (Å²) in [6.07, 6.45) is 15.2. The molecule has 1 heterocycles. The van der Waals surface area contributed by atoms with Crippen LogP contribution in [0, 0.1) is 5.92 Å². The second-order valence-electron chi connectivity index (χ2n) is 8.93. The Hall–Kier alpha value is -2.77. The Morgan fingerprint density at radius 3 is 2.66 bits per heavy atom. The average molecular weight is 483 g/mol. The predicted octanol–water partition coefficient (Wildman–Crippen LogP) is 6.22. The van der Waals surface area contributed by atoms with Crippen molar-refractivity contribution in [3.63, 3.8) is 0 Å². The molecule has 0 aromatic heterocycles. The fourth-order valence-electron chi connectivity index (χ4n) is 3.20. The van der Waals surface area contributed by atoms with Gasteiger partial charge in [0.25, 0.3) is 0 Å². The van der Waals surface area contributed by atoms with Gasteiger partial charge in [0.05, 0.1) is 17.6 Å². The van der Waals surface area contributed by atoms with Gasteiger partial charge in [0, 0.05) is 5.57 Å². The van der Waals surface area contributed by atoms with Crippen molar-refractivity contribution in [2.75, 3.05) is 13.7 Å². The molecule has 0 bridgehead atoms. The monoisotopic (exact) mass is 482 g/mol. The Balaban J connectivity index is 3.33. The molecule has 0 aromatic rings. The van der Waals surface area contributed by atoms with Gasteiger partial charge in [-0.25, -0.2) is 0 Å². The largest absolute Gasteiger partial charge is 0.495 e. The highest BCUT2D eigenvalue weighted by Crippen LogP contribution is 2.22. The first-order valence-electron chi connectivity index (χ1n) is 12.5. The molecule has 4 atom stereocenters. The Bertz CT molecular complexity index is 893. The molecule has 1 rings (SSSR count). The van der Waals surface area contributed by atoms with Crippen LogP contribution in [0.2, 0.25) is 0 Å². The van der Waals surface area contributed by atoms with Gasteiger partial charge in [0.1, 0.15) is 18.9 Å². The summed E-state index contributed by atoms with van der Waals surface area (Å²) >= 11 is 0. The highest BCUT2D eigenvalue weighted by atomic mass is 16.5. The maximum atomic E-state index is 6.22. The summed E-state index contributed by atoms with van der Waals surface area (Å²) in [6, 6.07) is 0. The van der Waals surface area contributed by atoms with E-state index in [2.05, 4.69) is 67.0 Å². The number of nitrogens with one attached hydrogen (secondary N) is 1. The van der Waals surface area contributed by atoms with Crippen molar-refractivity contribution in [2.24, 2.45) is 26.9 Å². The van der Waals surface area contributed by atoms with Gasteiger partial charge in [0.15, 0.2) is 0 Å². The van der Waals surface area contributed by atoms with Crippen LogP contribution in [0.3, 0.4) is 0 Å². The minimum Gasteiger partial charge on any atom is -0.495 e. The summed E-state index contributed by atoms with van der Waals surface area (Å²) in [4.78, 5) is 6.58. The van der Waals surface area contributed by atoms with E-state index < -0.39 is 0 Å². The molecule has 0 saturated carbocycles. The lowest BCUT2D eigenvalue weighted by Crippen LogP contribution is -2.46. The molecule has 0 fully saturated rings. The van der Waals surface area contributed by atoms with E-state index in [-0.39, 0.29) is 18.5 Å². The van der Waals surface area contributed by atoms with E-state index in [9.17, 15) is 0 Å². The van der Waals surface area contributed by atoms with E-state index in [0.29, 0.717) is 12.5 Å². The zero-order chi connectivity index (χ0) is 26.4. The van der Waals surface area contributed by atoms with Gasteiger partial charge in [-0.05, 0) is 89.7 Å². The van der Waals surface area contributed by atoms with Crippen molar-refractivity contribution < 1.29 is 4.74 Å². The highest BCUT2D eigenvalue weighted by Gasteiger charge is 2.18. The maximum Gasteiger partial charge on any atom is 0.137 e. The number of nitrogens with zero attached hydrogens (tertiary/aromatic N) is 4. The minimum absolute atomic E-state index is 0.0835. The van der Waals surface area contributed by atoms with Gasteiger partial charge in [-0.2, -0.15) is 10.2 Å². The van der Waals surface area contributed by atoms with Crippen LogP contribution in [0.25, 0.3) is 0 Å². The Labute approximate surface area is 213 Å². The zero-order valence-corrected chi connectivity index (χ0v) is 23.0. The number of aliphatic imine (C=N–C) groups is 1. The lowest BCUT2D eigenvalue weighted by molar-refractivity contribution is 0.0918. The maximum absolute atomic E-state index is 6.22. The molecular formula is C28H46N6O. The first-order valence-corrected chi connectivity index (χ1v) is 12.5. The Morgan fingerprint density at radius 2 is 2.03 bits per heavy atom. The van der Waals surface area contributed by atoms with Crippen LogP contribution in [0.5, 0.6) is 0 Å². The van der Waals surface area contributed by atoms with Crippen molar-refractivity contribution in [1.82, 2.24) is 10.2 Å². The van der Waals surface area contributed by atoms with E-state index in [1.54, 1.807) is 6.21 Å². The third-order valence-corrected chi connectivity index (χ3v) is 6.06. The van der Waals surface area contributed by atoms with Crippen LogP contribution < -0.4 is 11.1 Å². The van der Waals surface area contributed by atoms with Crippen LogP contribution in [0.1, 0.15) is 61.3 Å². The van der Waals surface area contributed by atoms with E-state index in [4.69, 9.17) is 10.5 Å². The van der Waals surface area contributed by atoms with Gasteiger partial charge in [-0.3, -0.25) is 9.89 Å². The molecule has 0 radical (unpaired) electrons. The lowest BCUT2D eigenvalue weighted by atomic mass is 9.99. The smallest absolute Gasteiger partial charge is 0.137 e. The molecule has 0 aromatic carbocycles. The number of ether oxygens (including phenoxy) is 1. The van der Waals surface area contributed by atoms with Crippen LogP contribution >= 0.6 is 0 Å². The molecule has 0 amide bonds. The molecule has 0 saturated heterocycles. The summed E-state index contributed by atoms with van der Waals surface area (Å²) in [6.45, 7) is 18.9. The molecule has 35 heavy (non-hydrogen) atoms. The van der Waals surface area contributed by atoms with Crippen LogP contribution in [0.4, 0.5) is 0 Å². The number of azo groups is 1. The minimum atomic E-state index is -0.168. The summed E-state index contributed by atoms with van der Waals surface area (Å²) in [5.41, 5.74) is 9.97. The topological polar surface area (TPSA) is 87.6 Å². The second-order valence-corrected chi connectivity index (χ2v) is 8.93. The van der Waals surface area contributed by atoms with E-state index in [1.165, 1.54) is 5.57 Å². The lowest BCUT2D eigenvalue weighted by Gasteiger charge is -2.29. The average Bonchev–Trinajstić information content (AvgIpc) is 2.92. The molecule has 7 nitrogen and oxygen atoms in total. The predicted molar refractivity (Wildman–Crippen MR) is 149 cm³/mol. The highest BCUT2D eigenvalue weighted by molar-refractivity contribution is 5.53. The quantitative estimate of drug-likeness (QED) is 0.149. The SMILES string of the molecule is C=C1C=C(C(/C=C(\C)OCC(/N=C\C)N(C)[C@@H](N)CC)=C/C=C(\C)[C@H](C)CC)/N=N\C(C)N/C=C\1. The number of rotatable bonds is 12. The first-order chi connectivity index (χ1) is 16.6. The number of nitrogens with two attached hydrogens (primary N) is 1. The normalized spacial score (nSPS) is 22.6. The van der Waals surface area contributed by atoms with Gasteiger partial charge in [-0.15, -0.1) is 0 Å². The molecular weight excluding hydrogens is 436 g/mol. The standard InChI is InChI=1S/C28H46N6O/c1-10-21(5)22(6)13-14-25(26-17-20(4)15-16-31-24(8)32-33-26)18-23(7)35-19-28(30-12-3)34(9)27(29)11-2/h12-18,21,24,27-28,31H,4,10-11,19,29H2,1-3,5-9H3/b16-15-,22-13+,23-18+,25-14+,26-17?,30-12-,33-32-/t21-,24?,27-,28?/m1/s1. The fourth-order valence-corrected chi connectivity index (χ4v) is 3.20. The number of allylic oxidation sites excluding steroid dienone is 8. The van der Waals surface area contributed by atoms with Gasteiger partial charge < -0.3 is 15.8 Å². The number of likely N-dealkylation sites (N-methyl/N-ethyl adjacent to an activating group) is 1. The van der Waals surface area contributed by atoms with Crippen LogP contribution in [-0.4, -0.2) is 43.3 Å². The molecule has 1 aliphatic heterocycles. The van der Waals surface area contributed by atoms with E-state index >= 15 is 0 Å². The summed E-state index contributed by atoms with van der Waals surface area (Å²) < 4.78 is 6.14. The second kappa shape index (κ2) is 16.0. The van der Waals surface area contributed by atoms with Crippen LogP contribution in [-0.2, 0) is 4.74 Å². The third kappa shape index (κ3) is 11.0. The summed E-state index contributed by atoms with van der Waals surface area (Å²) in [7, 11) is 1.97. The van der Waals surface area contributed by atoms with E-state index in [0.717, 1.165) is 35.4 Å². The van der Waals surface area contributed by atoms with Crippen molar-refractivity contribution >= 4 is 6.21 Å². The molecule has 0 aliphatic carbocycles. The third-order valence-electron chi connectivity index (χ3n) is 6.06. The molecule has 2 unspecified atom stereocenters. The fraction of sp³-hybridized carbons (Fsp3) is 0.536. The van der Waals surface area contributed by atoms with Crippen LogP contribution in [0.15, 0.2) is 86.6 Å².